The Morgan fingerprint density at radius 1 is 1.08 bits per heavy atom. The van der Waals surface area contributed by atoms with Crippen molar-refractivity contribution in [2.24, 2.45) is 0 Å². The van der Waals surface area contributed by atoms with Gasteiger partial charge in [0.25, 0.3) is 0 Å². The minimum Gasteiger partial charge on any atom is -0.324 e. The van der Waals surface area contributed by atoms with Crippen molar-refractivity contribution < 1.29 is 28.0 Å². The molecule has 2 rings (SSSR count). The molecule has 1 fully saturated rings. The Morgan fingerprint density at radius 3 is 2.38 bits per heavy atom. The Kier molecular flexibility index (Phi) is 5.22. The van der Waals surface area contributed by atoms with E-state index in [-0.39, 0.29) is 12.2 Å². The highest BCUT2D eigenvalue weighted by molar-refractivity contribution is 6.45. The van der Waals surface area contributed by atoms with Gasteiger partial charge in [0.15, 0.2) is 11.6 Å². The molecule has 0 atom stereocenters. The van der Waals surface area contributed by atoms with Gasteiger partial charge >= 0.3 is 17.8 Å². The van der Waals surface area contributed by atoms with Gasteiger partial charge in [-0.2, -0.15) is 0 Å². The Hall–Kier alpha value is -2.84. The number of imide groups is 2. The summed E-state index contributed by atoms with van der Waals surface area (Å²) in [6.45, 7) is 1.27. The Balaban J connectivity index is 2.02. The van der Waals surface area contributed by atoms with E-state index in [0.29, 0.717) is 11.3 Å². The number of anilines is 1. The van der Waals surface area contributed by atoms with Gasteiger partial charge in [-0.15, -0.1) is 0 Å². The van der Waals surface area contributed by atoms with Gasteiger partial charge in [-0.25, -0.2) is 18.5 Å². The number of nitrogens with zero attached hydrogens (tertiary/aromatic N) is 2. The van der Waals surface area contributed by atoms with Gasteiger partial charge in [-0.1, -0.05) is 13.3 Å². The van der Waals surface area contributed by atoms with Crippen LogP contribution in [0, 0.1) is 11.6 Å². The second kappa shape index (κ2) is 7.16. The predicted octanol–water partition coefficient (Wildman–Crippen LogP) is 1.49. The van der Waals surface area contributed by atoms with Gasteiger partial charge in [0.05, 0.1) is 0 Å². The number of benzene rings is 1. The average molecular weight is 339 g/mol. The molecule has 128 valence electrons. The highest BCUT2D eigenvalue weighted by Gasteiger charge is 2.44. The number of nitrogens with one attached hydrogen (secondary N) is 1. The van der Waals surface area contributed by atoms with Gasteiger partial charge in [0.1, 0.15) is 6.54 Å². The van der Waals surface area contributed by atoms with Crippen LogP contribution in [-0.2, 0) is 14.4 Å². The van der Waals surface area contributed by atoms with Gasteiger partial charge in [-0.3, -0.25) is 19.3 Å². The van der Waals surface area contributed by atoms with Crippen molar-refractivity contribution in [2.75, 3.05) is 18.4 Å². The van der Waals surface area contributed by atoms with Crippen LogP contribution < -0.4 is 5.32 Å². The van der Waals surface area contributed by atoms with Crippen LogP contribution in [0.1, 0.15) is 19.8 Å². The molecule has 1 aliphatic rings. The lowest BCUT2D eigenvalue weighted by atomic mass is 10.3. The molecule has 0 aliphatic carbocycles. The van der Waals surface area contributed by atoms with Crippen molar-refractivity contribution in [3.8, 4) is 0 Å². The topological polar surface area (TPSA) is 86.8 Å². The summed E-state index contributed by atoms with van der Waals surface area (Å²) in [6.07, 6.45) is 1.27. The fraction of sp³-hybridized carbons (Fsp3) is 0.333. The third-order valence-electron chi connectivity index (χ3n) is 3.38. The largest absolute Gasteiger partial charge is 0.334 e. The lowest BCUT2D eigenvalue weighted by Crippen LogP contribution is -2.39. The molecule has 1 N–H and O–H groups in total. The molecular weight excluding hydrogens is 324 g/mol. The van der Waals surface area contributed by atoms with E-state index in [0.717, 1.165) is 29.5 Å². The van der Waals surface area contributed by atoms with E-state index in [1.807, 2.05) is 6.92 Å². The zero-order valence-electron chi connectivity index (χ0n) is 12.8. The maximum Gasteiger partial charge on any atom is 0.334 e. The van der Waals surface area contributed by atoms with E-state index in [2.05, 4.69) is 5.32 Å². The Morgan fingerprint density at radius 2 is 1.75 bits per heavy atom. The summed E-state index contributed by atoms with van der Waals surface area (Å²) in [5.41, 5.74) is -0.0350. The molecule has 1 heterocycles. The van der Waals surface area contributed by atoms with E-state index in [9.17, 15) is 28.0 Å². The first-order valence-corrected chi connectivity index (χ1v) is 7.27. The van der Waals surface area contributed by atoms with Crippen molar-refractivity contribution >= 4 is 29.4 Å². The van der Waals surface area contributed by atoms with E-state index in [4.69, 9.17) is 0 Å². The van der Waals surface area contributed by atoms with E-state index >= 15 is 0 Å². The second-order valence-corrected chi connectivity index (χ2v) is 5.16. The van der Waals surface area contributed by atoms with Crippen LogP contribution in [0.15, 0.2) is 18.2 Å². The van der Waals surface area contributed by atoms with Crippen LogP contribution in [0.5, 0.6) is 0 Å². The van der Waals surface area contributed by atoms with Crippen molar-refractivity contribution in [3.63, 3.8) is 0 Å². The van der Waals surface area contributed by atoms with Crippen LogP contribution >= 0.6 is 0 Å². The SMILES string of the molecule is CCCCN1C(=O)C(=O)N(CC(=O)Nc2ccc(F)c(F)c2)C1=O. The van der Waals surface area contributed by atoms with Crippen molar-refractivity contribution in [1.82, 2.24) is 9.80 Å². The summed E-state index contributed by atoms with van der Waals surface area (Å²) in [5.74, 6) is -5.10. The molecule has 7 nitrogen and oxygen atoms in total. The van der Waals surface area contributed by atoms with Gasteiger partial charge in [-0.05, 0) is 18.6 Å². The summed E-state index contributed by atoms with van der Waals surface area (Å²) in [7, 11) is 0. The molecule has 5 amide bonds. The standard InChI is InChI=1S/C15H15F2N3O4/c1-2-3-6-19-13(22)14(23)20(15(19)24)8-12(21)18-9-4-5-10(16)11(17)7-9/h4-5,7H,2-3,6,8H2,1H3,(H,18,21). The molecule has 0 radical (unpaired) electrons. The first-order valence-electron chi connectivity index (χ1n) is 7.27. The summed E-state index contributed by atoms with van der Waals surface area (Å²) in [5, 5.41) is 2.23. The number of amides is 5. The summed E-state index contributed by atoms with van der Waals surface area (Å²) in [6, 6.07) is 1.86. The Labute approximate surface area is 136 Å². The fourth-order valence-corrected chi connectivity index (χ4v) is 2.12. The predicted molar refractivity (Wildman–Crippen MR) is 78.7 cm³/mol. The quantitative estimate of drug-likeness (QED) is 0.628. The minimum atomic E-state index is -1.15. The van der Waals surface area contributed by atoms with Crippen LogP contribution in [-0.4, -0.2) is 46.6 Å². The number of hydrogen-bond donors (Lipinski definition) is 1. The number of urea groups is 1. The van der Waals surface area contributed by atoms with Crippen molar-refractivity contribution in [3.05, 3.63) is 29.8 Å². The normalized spacial score (nSPS) is 14.5. The third kappa shape index (κ3) is 3.55. The summed E-state index contributed by atoms with van der Waals surface area (Å²) < 4.78 is 25.9. The van der Waals surface area contributed by atoms with Crippen LogP contribution in [0.3, 0.4) is 0 Å². The number of halogens is 2. The number of carbonyl (C=O) groups excluding carboxylic acids is 4. The van der Waals surface area contributed by atoms with Gasteiger partial charge in [0.2, 0.25) is 5.91 Å². The molecule has 1 saturated heterocycles. The second-order valence-electron chi connectivity index (χ2n) is 5.16. The van der Waals surface area contributed by atoms with Crippen molar-refractivity contribution in [2.45, 2.75) is 19.8 Å². The molecular formula is C15H15F2N3O4. The number of carbonyl (C=O) groups is 4. The molecule has 0 aromatic heterocycles. The Bertz CT molecular complexity index is 708. The van der Waals surface area contributed by atoms with E-state index in [1.54, 1.807) is 0 Å². The molecule has 24 heavy (non-hydrogen) atoms. The molecule has 0 bridgehead atoms. The maximum atomic E-state index is 13.1. The third-order valence-corrected chi connectivity index (χ3v) is 3.38. The van der Waals surface area contributed by atoms with E-state index < -0.39 is 41.9 Å². The monoisotopic (exact) mass is 339 g/mol. The van der Waals surface area contributed by atoms with E-state index in [1.165, 1.54) is 0 Å². The van der Waals surface area contributed by atoms with Crippen LogP contribution in [0.4, 0.5) is 19.3 Å². The lowest BCUT2D eigenvalue weighted by molar-refractivity contribution is -0.143. The molecule has 0 saturated carbocycles. The lowest BCUT2D eigenvalue weighted by Gasteiger charge is -2.15. The van der Waals surface area contributed by atoms with Crippen LogP contribution in [0.2, 0.25) is 0 Å². The zero-order chi connectivity index (χ0) is 17.9. The number of hydrogen-bond acceptors (Lipinski definition) is 4. The van der Waals surface area contributed by atoms with Crippen molar-refractivity contribution in [1.29, 1.82) is 0 Å². The fourth-order valence-electron chi connectivity index (χ4n) is 2.12. The highest BCUT2D eigenvalue weighted by Crippen LogP contribution is 2.15. The number of rotatable bonds is 6. The summed E-state index contributed by atoms with van der Waals surface area (Å²) in [4.78, 5) is 48.8. The molecule has 0 spiro atoms. The zero-order valence-corrected chi connectivity index (χ0v) is 12.8. The highest BCUT2D eigenvalue weighted by atomic mass is 19.2. The van der Waals surface area contributed by atoms with Gasteiger partial charge in [0, 0.05) is 18.3 Å². The number of unbranched alkanes of at least 4 members (excludes halogenated alkanes) is 1. The van der Waals surface area contributed by atoms with Gasteiger partial charge < -0.3 is 5.32 Å². The molecule has 1 aliphatic heterocycles. The molecule has 1 aromatic carbocycles. The first-order chi connectivity index (χ1) is 11.3. The first kappa shape index (κ1) is 17.5. The maximum absolute atomic E-state index is 13.1. The summed E-state index contributed by atoms with van der Waals surface area (Å²) >= 11 is 0. The smallest absolute Gasteiger partial charge is 0.324 e. The van der Waals surface area contributed by atoms with Crippen LogP contribution in [0.25, 0.3) is 0 Å². The molecule has 9 heteroatoms. The minimum absolute atomic E-state index is 0.0350. The average Bonchev–Trinajstić information content (AvgIpc) is 2.73. The molecule has 1 aromatic rings. The molecule has 0 unspecified atom stereocenters.